The van der Waals surface area contributed by atoms with Crippen molar-refractivity contribution in [3.05, 3.63) is 82.4 Å². The predicted octanol–water partition coefficient (Wildman–Crippen LogP) is 6.11. The Bertz CT molecular complexity index is 1630. The van der Waals surface area contributed by atoms with E-state index in [4.69, 9.17) is 4.74 Å². The zero-order chi connectivity index (χ0) is 26.3. The van der Waals surface area contributed by atoms with Gasteiger partial charge in [-0.3, -0.25) is 9.78 Å². The highest BCUT2D eigenvalue weighted by Crippen LogP contribution is 2.51. The number of pyridine rings is 2. The van der Waals surface area contributed by atoms with Crippen LogP contribution in [0.2, 0.25) is 0 Å². The number of fused-ring (bicyclic) bond motifs is 9. The third-order valence-corrected chi connectivity index (χ3v) is 8.06. The van der Waals surface area contributed by atoms with Gasteiger partial charge >= 0.3 is 6.61 Å². The van der Waals surface area contributed by atoms with Gasteiger partial charge in [-0.1, -0.05) is 13.0 Å². The third-order valence-electron chi connectivity index (χ3n) is 8.06. The normalized spacial score (nSPS) is 23.6. The van der Waals surface area contributed by atoms with Gasteiger partial charge in [-0.25, -0.2) is 13.3 Å². The fourth-order valence-electron chi connectivity index (χ4n) is 6.35. The Hall–Kier alpha value is -3.95. The molecule has 38 heavy (non-hydrogen) atoms. The average Bonchev–Trinajstić information content (AvgIpc) is 3.33. The van der Waals surface area contributed by atoms with E-state index in [0.29, 0.717) is 45.9 Å². The fraction of sp³-hybridized carbons (Fsp3) is 0.321. The lowest BCUT2D eigenvalue weighted by Crippen LogP contribution is -2.27. The zero-order valence-corrected chi connectivity index (χ0v) is 20.2. The summed E-state index contributed by atoms with van der Waals surface area (Å²) in [5.41, 5.74) is 3.21. The van der Waals surface area contributed by atoms with Crippen molar-refractivity contribution in [3.63, 3.8) is 0 Å². The number of hydrogen-bond acceptors (Lipinski definition) is 4. The van der Waals surface area contributed by atoms with E-state index in [1.807, 2.05) is 0 Å². The van der Waals surface area contributed by atoms with Crippen LogP contribution in [0.3, 0.4) is 0 Å². The second kappa shape index (κ2) is 8.28. The minimum atomic E-state index is -3.07. The summed E-state index contributed by atoms with van der Waals surface area (Å²) >= 11 is 0. The molecule has 0 radical (unpaired) electrons. The van der Waals surface area contributed by atoms with Gasteiger partial charge in [-0.2, -0.15) is 13.9 Å². The van der Waals surface area contributed by atoms with Crippen LogP contribution in [0, 0.1) is 17.6 Å². The summed E-state index contributed by atoms with van der Waals surface area (Å²) in [6, 6.07) is 6.88. The number of nitrogens with one attached hydrogen (secondary N) is 1. The highest BCUT2D eigenvalue weighted by atomic mass is 19.3. The highest BCUT2D eigenvalue weighted by molar-refractivity contribution is 5.98. The SMILES string of the molecule is CC1CC(c2ncc(-c3cc4c5c(nn4cc3F)C3CC5c4c(OC(F)F)cccc4C(=O)N3)cc2F)C1. The molecule has 1 saturated carbocycles. The first-order valence-corrected chi connectivity index (χ1v) is 12.5. The summed E-state index contributed by atoms with van der Waals surface area (Å²) in [7, 11) is 0. The maximum absolute atomic E-state index is 15.3. The number of amides is 1. The minimum absolute atomic E-state index is 0.0765. The first-order chi connectivity index (χ1) is 18.3. The van der Waals surface area contributed by atoms with E-state index >= 15 is 4.39 Å². The van der Waals surface area contributed by atoms with Crippen molar-refractivity contribution >= 4 is 11.4 Å². The Balaban J connectivity index is 1.37. The zero-order valence-electron chi connectivity index (χ0n) is 20.2. The number of alkyl halides is 2. The molecule has 6 nitrogen and oxygen atoms in total. The second-order valence-electron chi connectivity index (χ2n) is 10.4. The molecule has 0 saturated heterocycles. The van der Waals surface area contributed by atoms with Crippen LogP contribution in [0.1, 0.15) is 76.9 Å². The minimum Gasteiger partial charge on any atom is -0.434 e. The van der Waals surface area contributed by atoms with Crippen LogP contribution in [0.25, 0.3) is 16.6 Å². The molecule has 1 fully saturated rings. The molecule has 4 aromatic rings. The second-order valence-corrected chi connectivity index (χ2v) is 10.4. The molecule has 3 aromatic heterocycles. The number of carbonyl (C=O) groups is 1. The van der Waals surface area contributed by atoms with Gasteiger partial charge in [0, 0.05) is 45.8 Å². The molecule has 1 N–H and O–H groups in total. The largest absolute Gasteiger partial charge is 0.434 e. The summed E-state index contributed by atoms with van der Waals surface area (Å²) in [6.45, 7) is -0.955. The summed E-state index contributed by atoms with van der Waals surface area (Å²) in [5.74, 6) is -1.45. The lowest BCUT2D eigenvalue weighted by Gasteiger charge is -2.32. The van der Waals surface area contributed by atoms with Gasteiger partial charge < -0.3 is 10.1 Å². The van der Waals surface area contributed by atoms with Gasteiger partial charge in [0.05, 0.1) is 29.1 Å². The third kappa shape index (κ3) is 3.42. The topological polar surface area (TPSA) is 68.5 Å². The summed E-state index contributed by atoms with van der Waals surface area (Å²) in [6.07, 6.45) is 4.85. The molecule has 1 amide bonds. The number of carbonyl (C=O) groups excluding carboxylic acids is 1. The predicted molar refractivity (Wildman–Crippen MR) is 129 cm³/mol. The first-order valence-electron chi connectivity index (χ1n) is 12.5. The standard InChI is InChI=1S/C28H22F4N4O2/c1-12-5-13(6-12)25-18(29)7-14(10-33-25)16-9-21-24-17-8-20(26(24)35-36(21)11-19(16)30)34-27(37)15-3-2-4-22(23(15)17)38-28(31)32/h2-4,7,9-13,17,20,28H,5-6,8H2,1H3,(H,34,37). The molecule has 2 aliphatic carbocycles. The van der Waals surface area contributed by atoms with Crippen molar-refractivity contribution in [2.24, 2.45) is 5.92 Å². The number of nitrogens with zero attached hydrogens (tertiary/aromatic N) is 3. The highest BCUT2D eigenvalue weighted by Gasteiger charge is 2.43. The molecular weight excluding hydrogens is 500 g/mol. The van der Waals surface area contributed by atoms with Gasteiger partial charge in [0.2, 0.25) is 0 Å². The monoisotopic (exact) mass is 522 g/mol. The van der Waals surface area contributed by atoms with Gasteiger partial charge in [-0.05, 0) is 49.4 Å². The molecule has 0 spiro atoms. The van der Waals surface area contributed by atoms with Crippen molar-refractivity contribution in [3.8, 4) is 16.9 Å². The molecule has 1 aliphatic heterocycles. The van der Waals surface area contributed by atoms with Crippen LogP contribution >= 0.6 is 0 Å². The fourth-order valence-corrected chi connectivity index (χ4v) is 6.35. The molecule has 2 atom stereocenters. The van der Waals surface area contributed by atoms with Crippen molar-refractivity contribution in [2.45, 2.75) is 50.7 Å². The Kier molecular flexibility index (Phi) is 5.05. The maximum atomic E-state index is 15.3. The smallest absolute Gasteiger partial charge is 0.387 e. The van der Waals surface area contributed by atoms with Crippen molar-refractivity contribution < 1.29 is 27.1 Å². The van der Waals surface area contributed by atoms with E-state index in [9.17, 15) is 18.0 Å². The number of ether oxygens (including phenoxy) is 1. The number of hydrogen-bond donors (Lipinski definition) is 1. The van der Waals surface area contributed by atoms with E-state index < -0.39 is 36.1 Å². The summed E-state index contributed by atoms with van der Waals surface area (Å²) in [4.78, 5) is 17.2. The van der Waals surface area contributed by atoms with E-state index in [1.165, 1.54) is 35.1 Å². The van der Waals surface area contributed by atoms with E-state index in [2.05, 4.69) is 22.3 Å². The number of benzene rings is 1. The van der Waals surface area contributed by atoms with Crippen molar-refractivity contribution in [2.75, 3.05) is 0 Å². The molecule has 2 unspecified atom stereocenters. The molecule has 1 aromatic carbocycles. The van der Waals surface area contributed by atoms with Crippen LogP contribution in [0.4, 0.5) is 17.6 Å². The van der Waals surface area contributed by atoms with E-state index in [1.54, 1.807) is 12.1 Å². The Labute approximate surface area is 214 Å². The quantitative estimate of drug-likeness (QED) is 0.329. The van der Waals surface area contributed by atoms with Crippen LogP contribution in [0.5, 0.6) is 5.75 Å². The lowest BCUT2D eigenvalue weighted by atomic mass is 9.74. The molecule has 194 valence electrons. The van der Waals surface area contributed by atoms with Crippen LogP contribution in [0.15, 0.2) is 42.7 Å². The Morgan fingerprint density at radius 1 is 1.05 bits per heavy atom. The van der Waals surface area contributed by atoms with Gasteiger partial charge in [-0.15, -0.1) is 0 Å². The molecule has 2 bridgehead atoms. The van der Waals surface area contributed by atoms with Gasteiger partial charge in [0.25, 0.3) is 5.91 Å². The van der Waals surface area contributed by atoms with Crippen molar-refractivity contribution in [1.29, 1.82) is 0 Å². The molecule has 7 rings (SSSR count). The number of rotatable bonds is 4. The average molecular weight is 523 g/mol. The van der Waals surface area contributed by atoms with Gasteiger partial charge in [0.15, 0.2) is 0 Å². The molecule has 10 heteroatoms. The summed E-state index contributed by atoms with van der Waals surface area (Å²) < 4.78 is 62.9. The number of halogens is 4. The molecule has 4 heterocycles. The lowest BCUT2D eigenvalue weighted by molar-refractivity contribution is -0.0505. The van der Waals surface area contributed by atoms with Crippen LogP contribution in [-0.4, -0.2) is 27.1 Å². The first kappa shape index (κ1) is 23.2. The molecule has 3 aliphatic rings. The van der Waals surface area contributed by atoms with E-state index in [0.717, 1.165) is 12.8 Å². The van der Waals surface area contributed by atoms with E-state index in [-0.39, 0.29) is 22.8 Å². The maximum Gasteiger partial charge on any atom is 0.387 e. The Morgan fingerprint density at radius 2 is 1.87 bits per heavy atom. The van der Waals surface area contributed by atoms with Crippen molar-refractivity contribution in [1.82, 2.24) is 19.9 Å². The summed E-state index contributed by atoms with van der Waals surface area (Å²) in [5, 5.41) is 7.45. The van der Waals surface area contributed by atoms with Crippen LogP contribution in [-0.2, 0) is 0 Å². The molecular formula is C28H22F4N4O2. The van der Waals surface area contributed by atoms with Gasteiger partial charge in [0.1, 0.15) is 17.4 Å². The Morgan fingerprint density at radius 3 is 2.61 bits per heavy atom. The number of aromatic nitrogens is 3. The van der Waals surface area contributed by atoms with Crippen LogP contribution < -0.4 is 10.1 Å².